The van der Waals surface area contributed by atoms with E-state index in [-0.39, 0.29) is 5.78 Å². The average molecular weight is 335 g/mol. The lowest BCUT2D eigenvalue weighted by molar-refractivity contribution is 0.102. The van der Waals surface area contributed by atoms with E-state index in [1.54, 1.807) is 0 Å². The molecule has 1 N–H and O–H groups in total. The molecular weight excluding hydrogens is 318 g/mol. The molecule has 1 aliphatic heterocycles. The molecular formula is C15H17N3O2S2. The Hall–Kier alpha value is -1.60. The molecule has 1 aromatic carbocycles. The minimum atomic E-state index is 0.109. The number of nitrogens with one attached hydrogen (secondary N) is 1. The topological polar surface area (TPSA) is 64.1 Å². The fraction of sp³-hybridized carbons (Fsp3) is 0.400. The number of hydrogen-bond donors (Lipinski definition) is 1. The van der Waals surface area contributed by atoms with Crippen LogP contribution in [-0.2, 0) is 6.42 Å². The van der Waals surface area contributed by atoms with Gasteiger partial charge in [-0.05, 0) is 30.2 Å². The van der Waals surface area contributed by atoms with Crippen molar-refractivity contribution in [2.45, 2.75) is 24.1 Å². The fourth-order valence-corrected chi connectivity index (χ4v) is 3.81. The van der Waals surface area contributed by atoms with E-state index in [0.29, 0.717) is 12.4 Å². The lowest BCUT2D eigenvalue weighted by Gasteiger charge is -2.02. The smallest absolute Gasteiger partial charge is 0.206 e. The second-order valence-corrected chi connectivity index (χ2v) is 7.13. The molecule has 22 heavy (non-hydrogen) atoms. The maximum atomic E-state index is 12.3. The van der Waals surface area contributed by atoms with Crippen molar-refractivity contribution >= 4 is 34.0 Å². The molecule has 1 aliphatic rings. The van der Waals surface area contributed by atoms with Crippen molar-refractivity contribution in [2.75, 3.05) is 24.2 Å². The Morgan fingerprint density at radius 2 is 2.36 bits per heavy atom. The summed E-state index contributed by atoms with van der Waals surface area (Å²) in [6, 6.07) is 5.67. The summed E-state index contributed by atoms with van der Waals surface area (Å²) in [6.07, 6.45) is 1.93. The Bertz CT molecular complexity index is 673. The van der Waals surface area contributed by atoms with Crippen LogP contribution in [0, 0.1) is 0 Å². The minimum absolute atomic E-state index is 0.109. The molecule has 1 aromatic heterocycles. The van der Waals surface area contributed by atoms with Crippen LogP contribution in [0.15, 0.2) is 22.5 Å². The van der Waals surface area contributed by atoms with Crippen molar-refractivity contribution in [3.8, 4) is 5.75 Å². The van der Waals surface area contributed by atoms with Gasteiger partial charge in [0, 0.05) is 18.5 Å². The summed E-state index contributed by atoms with van der Waals surface area (Å²) >= 11 is 2.92. The average Bonchev–Trinajstić information content (AvgIpc) is 3.18. The van der Waals surface area contributed by atoms with E-state index in [4.69, 9.17) is 4.74 Å². The zero-order valence-electron chi connectivity index (χ0n) is 12.3. The summed E-state index contributed by atoms with van der Waals surface area (Å²) in [4.78, 5) is 12.3. The largest absolute Gasteiger partial charge is 0.493 e. The Balaban J connectivity index is 1.57. The van der Waals surface area contributed by atoms with Crippen LogP contribution >= 0.6 is 23.1 Å². The highest BCUT2D eigenvalue weighted by Crippen LogP contribution is 2.28. The number of carbonyl (C=O) groups is 1. The van der Waals surface area contributed by atoms with Gasteiger partial charge in [0.1, 0.15) is 5.75 Å². The second kappa shape index (κ2) is 7.11. The Kier molecular flexibility index (Phi) is 4.94. The van der Waals surface area contributed by atoms with E-state index in [0.717, 1.165) is 45.7 Å². The summed E-state index contributed by atoms with van der Waals surface area (Å²) in [5.41, 5.74) is 1.86. The number of thioether (sulfide) groups is 1. The number of ether oxygens (including phenoxy) is 1. The van der Waals surface area contributed by atoms with Gasteiger partial charge in [0.15, 0.2) is 10.1 Å². The Morgan fingerprint density at radius 1 is 1.45 bits per heavy atom. The molecule has 0 bridgehead atoms. The molecule has 0 atom stereocenters. The van der Waals surface area contributed by atoms with Gasteiger partial charge in [-0.15, -0.1) is 10.2 Å². The molecule has 0 amide bonds. The maximum absolute atomic E-state index is 12.3. The maximum Gasteiger partial charge on any atom is 0.206 e. The molecule has 0 unspecified atom stereocenters. The number of benzene rings is 1. The molecule has 0 saturated heterocycles. The van der Waals surface area contributed by atoms with Gasteiger partial charge in [0.2, 0.25) is 5.13 Å². The highest BCUT2D eigenvalue weighted by atomic mass is 32.2. The van der Waals surface area contributed by atoms with Crippen LogP contribution in [0.4, 0.5) is 5.13 Å². The summed E-state index contributed by atoms with van der Waals surface area (Å²) in [5, 5.41) is 12.2. The van der Waals surface area contributed by atoms with Crippen molar-refractivity contribution in [2.24, 2.45) is 0 Å². The van der Waals surface area contributed by atoms with Crippen LogP contribution in [-0.4, -0.2) is 34.9 Å². The number of carbonyl (C=O) groups excluding carboxylic acids is 1. The molecule has 5 nitrogen and oxygen atoms in total. The van der Waals surface area contributed by atoms with Crippen LogP contribution < -0.4 is 10.1 Å². The number of rotatable bonds is 7. The van der Waals surface area contributed by atoms with E-state index < -0.39 is 0 Å². The van der Waals surface area contributed by atoms with E-state index in [1.165, 1.54) is 23.1 Å². The molecule has 2 aromatic rings. The standard InChI is InChI=1S/C15H17N3O2S2/c1-2-6-16-14-17-18-15(22-14)21-9-12(19)10-3-4-13-11(8-10)5-7-20-13/h3-4,8H,2,5-7,9H2,1H3,(H,16,17). The van der Waals surface area contributed by atoms with Crippen LogP contribution in [0.1, 0.15) is 29.3 Å². The van der Waals surface area contributed by atoms with Crippen molar-refractivity contribution in [3.63, 3.8) is 0 Å². The molecule has 3 rings (SSSR count). The lowest BCUT2D eigenvalue weighted by Crippen LogP contribution is -2.02. The highest BCUT2D eigenvalue weighted by Gasteiger charge is 2.15. The molecule has 0 radical (unpaired) electrons. The molecule has 0 fully saturated rings. The molecule has 2 heterocycles. The molecule has 0 saturated carbocycles. The zero-order chi connectivity index (χ0) is 15.4. The summed E-state index contributed by atoms with van der Waals surface area (Å²) in [6.45, 7) is 3.69. The van der Waals surface area contributed by atoms with Gasteiger partial charge in [-0.3, -0.25) is 4.79 Å². The number of fused-ring (bicyclic) bond motifs is 1. The quantitative estimate of drug-likeness (QED) is 0.619. The van der Waals surface area contributed by atoms with Crippen LogP contribution in [0.2, 0.25) is 0 Å². The van der Waals surface area contributed by atoms with Crippen molar-refractivity contribution < 1.29 is 9.53 Å². The predicted octanol–water partition coefficient (Wildman–Crippen LogP) is 3.27. The van der Waals surface area contributed by atoms with Gasteiger partial charge in [-0.2, -0.15) is 0 Å². The van der Waals surface area contributed by atoms with Gasteiger partial charge in [0.25, 0.3) is 0 Å². The van der Waals surface area contributed by atoms with Gasteiger partial charge in [-0.25, -0.2) is 0 Å². The van der Waals surface area contributed by atoms with Crippen molar-refractivity contribution in [3.05, 3.63) is 29.3 Å². The highest BCUT2D eigenvalue weighted by molar-refractivity contribution is 8.01. The first-order chi connectivity index (χ1) is 10.8. The number of hydrogen-bond acceptors (Lipinski definition) is 7. The second-order valence-electron chi connectivity index (χ2n) is 4.93. The first-order valence-electron chi connectivity index (χ1n) is 7.25. The van der Waals surface area contributed by atoms with Crippen LogP contribution in [0.3, 0.4) is 0 Å². The predicted molar refractivity (Wildman–Crippen MR) is 89.4 cm³/mol. The third kappa shape index (κ3) is 3.59. The van der Waals surface area contributed by atoms with E-state index >= 15 is 0 Å². The van der Waals surface area contributed by atoms with Crippen molar-refractivity contribution in [1.82, 2.24) is 10.2 Å². The van der Waals surface area contributed by atoms with Gasteiger partial charge < -0.3 is 10.1 Å². The minimum Gasteiger partial charge on any atom is -0.493 e. The zero-order valence-corrected chi connectivity index (χ0v) is 13.9. The Morgan fingerprint density at radius 3 is 3.23 bits per heavy atom. The number of nitrogens with zero attached hydrogens (tertiary/aromatic N) is 2. The lowest BCUT2D eigenvalue weighted by atomic mass is 10.1. The molecule has 0 aliphatic carbocycles. The third-order valence-corrected chi connectivity index (χ3v) is 5.29. The number of anilines is 1. The normalized spacial score (nSPS) is 12.8. The first kappa shape index (κ1) is 15.3. The third-order valence-electron chi connectivity index (χ3n) is 3.27. The summed E-state index contributed by atoms with van der Waals surface area (Å²) in [5.74, 6) is 1.39. The number of ketones is 1. The van der Waals surface area contributed by atoms with E-state index in [9.17, 15) is 4.79 Å². The first-order valence-corrected chi connectivity index (χ1v) is 9.05. The van der Waals surface area contributed by atoms with Crippen molar-refractivity contribution in [1.29, 1.82) is 0 Å². The fourth-order valence-electron chi connectivity index (χ4n) is 2.14. The molecule has 0 spiro atoms. The van der Waals surface area contributed by atoms with Gasteiger partial charge in [0.05, 0.1) is 12.4 Å². The van der Waals surface area contributed by atoms with Crippen LogP contribution in [0.5, 0.6) is 5.75 Å². The summed E-state index contributed by atoms with van der Waals surface area (Å²) in [7, 11) is 0. The van der Waals surface area contributed by atoms with E-state index in [1.807, 2.05) is 18.2 Å². The number of aromatic nitrogens is 2. The van der Waals surface area contributed by atoms with Crippen LogP contribution in [0.25, 0.3) is 0 Å². The van der Waals surface area contributed by atoms with E-state index in [2.05, 4.69) is 22.4 Å². The Labute approximate surface area is 137 Å². The summed E-state index contributed by atoms with van der Waals surface area (Å²) < 4.78 is 6.27. The monoisotopic (exact) mass is 335 g/mol. The molecule has 116 valence electrons. The SMILES string of the molecule is CCCNc1nnc(SCC(=O)c2ccc3c(c2)CCO3)s1. The number of Topliss-reactive ketones (excluding diaryl/α,β-unsaturated/α-hetero) is 1. The van der Waals surface area contributed by atoms with Gasteiger partial charge in [-0.1, -0.05) is 30.0 Å². The molecule has 7 heteroatoms. The van der Waals surface area contributed by atoms with Gasteiger partial charge >= 0.3 is 0 Å².